The van der Waals surface area contributed by atoms with E-state index in [9.17, 15) is 4.79 Å². The number of H-pyrrole nitrogens is 1. The lowest BCUT2D eigenvalue weighted by Crippen LogP contribution is -2.04. The molecule has 0 bridgehead atoms. The van der Waals surface area contributed by atoms with Crippen molar-refractivity contribution in [2.24, 2.45) is 0 Å². The number of rotatable bonds is 8. The third-order valence-corrected chi connectivity index (χ3v) is 4.12. The van der Waals surface area contributed by atoms with Crippen LogP contribution in [0.2, 0.25) is 0 Å². The van der Waals surface area contributed by atoms with Gasteiger partial charge in [0, 0.05) is 23.5 Å². The number of nitrogens with one attached hydrogen (secondary N) is 1. The first-order valence-corrected chi connectivity index (χ1v) is 8.62. The molecule has 4 nitrogen and oxygen atoms in total. The minimum Gasteiger partial charge on any atom is -0.466 e. The van der Waals surface area contributed by atoms with Gasteiger partial charge in [-0.05, 0) is 42.2 Å². The Kier molecular flexibility index (Phi) is 5.86. The van der Waals surface area contributed by atoms with Crippen LogP contribution in [-0.2, 0) is 33.9 Å². The maximum absolute atomic E-state index is 11.6. The minimum atomic E-state index is -0.154. The molecule has 2 aromatic carbocycles. The fraction of sp³-hybridized carbons (Fsp3) is 0.286. The molecule has 1 aromatic heterocycles. The van der Waals surface area contributed by atoms with Gasteiger partial charge in [0.25, 0.3) is 0 Å². The molecule has 4 heteroatoms. The van der Waals surface area contributed by atoms with Crippen LogP contribution in [0.15, 0.2) is 54.7 Å². The quantitative estimate of drug-likeness (QED) is 0.621. The van der Waals surface area contributed by atoms with E-state index in [1.165, 1.54) is 5.56 Å². The topological polar surface area (TPSA) is 51.3 Å². The van der Waals surface area contributed by atoms with E-state index >= 15 is 0 Å². The van der Waals surface area contributed by atoms with E-state index < -0.39 is 0 Å². The van der Waals surface area contributed by atoms with Gasteiger partial charge in [-0.1, -0.05) is 36.4 Å². The molecular formula is C21H23NO3. The van der Waals surface area contributed by atoms with E-state index in [4.69, 9.17) is 9.47 Å². The fourth-order valence-corrected chi connectivity index (χ4v) is 2.85. The highest BCUT2D eigenvalue weighted by Gasteiger charge is 2.08. The third kappa shape index (κ3) is 4.70. The van der Waals surface area contributed by atoms with Gasteiger partial charge in [0.2, 0.25) is 0 Å². The van der Waals surface area contributed by atoms with Gasteiger partial charge >= 0.3 is 5.97 Å². The van der Waals surface area contributed by atoms with Gasteiger partial charge in [-0.15, -0.1) is 0 Å². The Morgan fingerprint density at radius 3 is 2.64 bits per heavy atom. The van der Waals surface area contributed by atoms with Gasteiger partial charge in [0.1, 0.15) is 0 Å². The summed E-state index contributed by atoms with van der Waals surface area (Å²) >= 11 is 0. The molecule has 0 amide bonds. The molecule has 0 saturated heterocycles. The molecule has 0 fully saturated rings. The number of esters is 1. The molecule has 0 aliphatic heterocycles. The summed E-state index contributed by atoms with van der Waals surface area (Å²) in [5.41, 5.74) is 4.50. The number of carbonyl (C=O) groups is 1. The molecule has 3 rings (SSSR count). The molecule has 0 atom stereocenters. The molecule has 0 saturated carbocycles. The van der Waals surface area contributed by atoms with E-state index in [0.29, 0.717) is 32.7 Å². The standard InChI is InChI=1S/C21H23NO3/c1-2-25-21(23)11-9-18-13-22-20-10-8-17(12-19(18)20)15-24-14-16-6-4-3-5-7-16/h3-8,10,12-13,22H,2,9,11,14-15H2,1H3. The van der Waals surface area contributed by atoms with Gasteiger partial charge in [-0.2, -0.15) is 0 Å². The van der Waals surface area contributed by atoms with Crippen molar-refractivity contribution in [3.63, 3.8) is 0 Å². The predicted molar refractivity (Wildman–Crippen MR) is 98.2 cm³/mol. The summed E-state index contributed by atoms with van der Waals surface area (Å²) in [6.45, 7) is 3.41. The monoisotopic (exact) mass is 337 g/mol. The SMILES string of the molecule is CCOC(=O)CCc1c[nH]c2ccc(COCc3ccccc3)cc12. The summed E-state index contributed by atoms with van der Waals surface area (Å²) in [5, 5.41) is 1.14. The summed E-state index contributed by atoms with van der Waals surface area (Å²) in [6, 6.07) is 16.4. The second-order valence-corrected chi connectivity index (χ2v) is 5.98. The van der Waals surface area contributed by atoms with Crippen molar-refractivity contribution in [3.05, 3.63) is 71.4 Å². The van der Waals surface area contributed by atoms with E-state index in [1.807, 2.05) is 31.3 Å². The van der Waals surface area contributed by atoms with E-state index in [-0.39, 0.29) is 5.97 Å². The van der Waals surface area contributed by atoms with Gasteiger partial charge in [0.05, 0.1) is 19.8 Å². The van der Waals surface area contributed by atoms with Gasteiger partial charge in [-0.3, -0.25) is 4.79 Å². The van der Waals surface area contributed by atoms with Gasteiger partial charge < -0.3 is 14.5 Å². The molecule has 1 N–H and O–H groups in total. The summed E-state index contributed by atoms with van der Waals surface area (Å²) in [7, 11) is 0. The maximum atomic E-state index is 11.6. The Morgan fingerprint density at radius 2 is 1.84 bits per heavy atom. The normalized spacial score (nSPS) is 10.9. The Bertz CT molecular complexity index is 824. The first kappa shape index (κ1) is 17.2. The van der Waals surface area contributed by atoms with Crippen LogP contribution in [0.4, 0.5) is 0 Å². The molecule has 0 aliphatic rings. The highest BCUT2D eigenvalue weighted by atomic mass is 16.5. The Morgan fingerprint density at radius 1 is 1.04 bits per heavy atom. The lowest BCUT2D eigenvalue weighted by Gasteiger charge is -2.06. The fourth-order valence-electron chi connectivity index (χ4n) is 2.85. The van der Waals surface area contributed by atoms with Crippen LogP contribution in [0.3, 0.4) is 0 Å². The van der Waals surface area contributed by atoms with Crippen LogP contribution in [0.5, 0.6) is 0 Å². The zero-order chi connectivity index (χ0) is 17.5. The molecule has 130 valence electrons. The molecule has 3 aromatic rings. The smallest absolute Gasteiger partial charge is 0.306 e. The minimum absolute atomic E-state index is 0.154. The number of aryl methyl sites for hydroxylation is 1. The third-order valence-electron chi connectivity index (χ3n) is 4.12. The Hall–Kier alpha value is -2.59. The second kappa shape index (κ2) is 8.49. The van der Waals surface area contributed by atoms with Crippen molar-refractivity contribution in [3.8, 4) is 0 Å². The average Bonchev–Trinajstić information content (AvgIpc) is 3.03. The first-order chi connectivity index (χ1) is 12.3. The highest BCUT2D eigenvalue weighted by Crippen LogP contribution is 2.22. The van der Waals surface area contributed by atoms with Crippen molar-refractivity contribution in [2.75, 3.05) is 6.61 Å². The number of fused-ring (bicyclic) bond motifs is 1. The number of carbonyl (C=O) groups excluding carboxylic acids is 1. The zero-order valence-electron chi connectivity index (χ0n) is 14.5. The molecule has 0 spiro atoms. The summed E-state index contributed by atoms with van der Waals surface area (Å²) in [5.74, 6) is -0.154. The van der Waals surface area contributed by atoms with Crippen molar-refractivity contribution >= 4 is 16.9 Å². The molecular weight excluding hydrogens is 314 g/mol. The lowest BCUT2D eigenvalue weighted by atomic mass is 10.1. The number of ether oxygens (including phenoxy) is 2. The first-order valence-electron chi connectivity index (χ1n) is 8.62. The van der Waals surface area contributed by atoms with Crippen LogP contribution in [0, 0.1) is 0 Å². The van der Waals surface area contributed by atoms with E-state index in [2.05, 4.69) is 35.3 Å². The van der Waals surface area contributed by atoms with Crippen LogP contribution >= 0.6 is 0 Å². The molecule has 0 aliphatic carbocycles. The van der Waals surface area contributed by atoms with Crippen LogP contribution in [0.25, 0.3) is 10.9 Å². The number of aromatic nitrogens is 1. The molecule has 1 heterocycles. The number of hydrogen-bond donors (Lipinski definition) is 1. The lowest BCUT2D eigenvalue weighted by molar-refractivity contribution is -0.143. The van der Waals surface area contributed by atoms with E-state index in [0.717, 1.165) is 22.0 Å². The van der Waals surface area contributed by atoms with Crippen molar-refractivity contribution in [1.82, 2.24) is 4.98 Å². The van der Waals surface area contributed by atoms with Gasteiger partial charge in [-0.25, -0.2) is 0 Å². The molecule has 25 heavy (non-hydrogen) atoms. The maximum Gasteiger partial charge on any atom is 0.306 e. The van der Waals surface area contributed by atoms with Crippen molar-refractivity contribution in [1.29, 1.82) is 0 Å². The molecule has 0 unspecified atom stereocenters. The Balaban J connectivity index is 1.62. The number of benzene rings is 2. The predicted octanol–water partition coefficient (Wildman–Crippen LogP) is 4.38. The summed E-state index contributed by atoms with van der Waals surface area (Å²) < 4.78 is 10.8. The van der Waals surface area contributed by atoms with Crippen LogP contribution in [-0.4, -0.2) is 17.6 Å². The van der Waals surface area contributed by atoms with E-state index in [1.54, 1.807) is 0 Å². The van der Waals surface area contributed by atoms with Gasteiger partial charge in [0.15, 0.2) is 0 Å². The van der Waals surface area contributed by atoms with Crippen LogP contribution < -0.4 is 0 Å². The molecule has 0 radical (unpaired) electrons. The largest absolute Gasteiger partial charge is 0.466 e. The Labute approximate surface area is 147 Å². The average molecular weight is 337 g/mol. The second-order valence-electron chi connectivity index (χ2n) is 5.98. The van der Waals surface area contributed by atoms with Crippen LogP contribution in [0.1, 0.15) is 30.0 Å². The van der Waals surface area contributed by atoms with Crippen molar-refractivity contribution in [2.45, 2.75) is 33.0 Å². The summed E-state index contributed by atoms with van der Waals surface area (Å²) in [4.78, 5) is 14.8. The number of hydrogen-bond acceptors (Lipinski definition) is 3. The highest BCUT2D eigenvalue weighted by molar-refractivity contribution is 5.84. The van der Waals surface area contributed by atoms with Crippen molar-refractivity contribution < 1.29 is 14.3 Å². The zero-order valence-corrected chi connectivity index (χ0v) is 14.5. The summed E-state index contributed by atoms with van der Waals surface area (Å²) in [6.07, 6.45) is 3.04. The number of aromatic amines is 1.